The van der Waals surface area contributed by atoms with Gasteiger partial charge in [0.1, 0.15) is 0 Å². The van der Waals surface area contributed by atoms with Crippen molar-refractivity contribution in [2.75, 3.05) is 13.7 Å². The molecule has 1 aromatic heterocycles. The van der Waals surface area contributed by atoms with Crippen molar-refractivity contribution in [3.8, 4) is 0 Å². The van der Waals surface area contributed by atoms with Crippen LogP contribution in [0.4, 0.5) is 0 Å². The standard InChI is InChI=1S/C9H18N4O/c1-4-7-5-9(13(2)12-7)8(11-10)6-14-3/h5,8,11H,4,6,10H2,1-3H3. The summed E-state index contributed by atoms with van der Waals surface area (Å²) in [7, 11) is 3.57. The molecule has 1 rings (SSSR count). The average Bonchev–Trinajstić information content (AvgIpc) is 2.56. The lowest BCUT2D eigenvalue weighted by Crippen LogP contribution is -2.32. The summed E-state index contributed by atoms with van der Waals surface area (Å²) >= 11 is 0. The Kier molecular flexibility index (Phi) is 4.06. The minimum atomic E-state index is -0.00204. The van der Waals surface area contributed by atoms with E-state index in [1.165, 1.54) is 0 Å². The summed E-state index contributed by atoms with van der Waals surface area (Å²) in [5, 5.41) is 4.35. The Morgan fingerprint density at radius 1 is 1.71 bits per heavy atom. The van der Waals surface area contributed by atoms with Gasteiger partial charge in [-0.05, 0) is 12.5 Å². The Balaban J connectivity index is 2.85. The molecule has 0 aliphatic rings. The molecule has 0 fully saturated rings. The number of aromatic nitrogens is 2. The summed E-state index contributed by atoms with van der Waals surface area (Å²) in [5.74, 6) is 5.44. The highest BCUT2D eigenvalue weighted by atomic mass is 16.5. The number of aryl methyl sites for hydroxylation is 2. The zero-order chi connectivity index (χ0) is 10.6. The number of hydrogen-bond donors (Lipinski definition) is 2. The molecule has 5 nitrogen and oxygen atoms in total. The lowest BCUT2D eigenvalue weighted by Gasteiger charge is -2.14. The molecular weight excluding hydrogens is 180 g/mol. The van der Waals surface area contributed by atoms with Crippen LogP contribution in [0.3, 0.4) is 0 Å². The molecule has 0 radical (unpaired) electrons. The van der Waals surface area contributed by atoms with Crippen LogP contribution in [0.25, 0.3) is 0 Å². The molecule has 0 saturated heterocycles. The predicted molar refractivity (Wildman–Crippen MR) is 54.5 cm³/mol. The van der Waals surface area contributed by atoms with Gasteiger partial charge in [0.25, 0.3) is 0 Å². The minimum Gasteiger partial charge on any atom is -0.383 e. The second-order valence-corrected chi connectivity index (χ2v) is 3.21. The van der Waals surface area contributed by atoms with Crippen molar-refractivity contribution in [1.82, 2.24) is 15.2 Å². The zero-order valence-corrected chi connectivity index (χ0v) is 8.95. The first-order chi connectivity index (χ1) is 6.72. The number of rotatable bonds is 5. The third-order valence-corrected chi connectivity index (χ3v) is 2.22. The predicted octanol–water partition coefficient (Wildman–Crippen LogP) is 0.133. The molecule has 80 valence electrons. The maximum Gasteiger partial charge on any atom is 0.0861 e. The molecule has 0 aliphatic carbocycles. The van der Waals surface area contributed by atoms with E-state index < -0.39 is 0 Å². The van der Waals surface area contributed by atoms with Gasteiger partial charge in [0.15, 0.2) is 0 Å². The minimum absolute atomic E-state index is 0.00204. The SMILES string of the molecule is CCc1cc(C(COC)NN)n(C)n1. The fourth-order valence-corrected chi connectivity index (χ4v) is 1.43. The number of hydrogen-bond acceptors (Lipinski definition) is 4. The Morgan fingerprint density at radius 2 is 2.43 bits per heavy atom. The van der Waals surface area contributed by atoms with Crippen LogP contribution in [-0.2, 0) is 18.2 Å². The lowest BCUT2D eigenvalue weighted by molar-refractivity contribution is 0.164. The van der Waals surface area contributed by atoms with Gasteiger partial charge in [-0.3, -0.25) is 10.5 Å². The van der Waals surface area contributed by atoms with E-state index in [2.05, 4.69) is 17.4 Å². The Hall–Kier alpha value is -0.910. The summed E-state index contributed by atoms with van der Waals surface area (Å²) in [4.78, 5) is 0. The van der Waals surface area contributed by atoms with Gasteiger partial charge in [-0.1, -0.05) is 6.92 Å². The maximum absolute atomic E-state index is 5.44. The molecule has 14 heavy (non-hydrogen) atoms. The molecule has 0 bridgehead atoms. The Morgan fingerprint density at radius 3 is 2.86 bits per heavy atom. The lowest BCUT2D eigenvalue weighted by atomic mass is 10.2. The molecule has 1 atom stereocenters. The molecule has 5 heteroatoms. The van der Waals surface area contributed by atoms with Crippen LogP contribution >= 0.6 is 0 Å². The normalized spacial score (nSPS) is 13.1. The van der Waals surface area contributed by atoms with Crippen molar-refractivity contribution < 1.29 is 4.74 Å². The first-order valence-electron chi connectivity index (χ1n) is 4.70. The summed E-state index contributed by atoms with van der Waals surface area (Å²) in [6.07, 6.45) is 0.929. The first-order valence-corrected chi connectivity index (χ1v) is 4.70. The monoisotopic (exact) mass is 198 g/mol. The van der Waals surface area contributed by atoms with Gasteiger partial charge in [0.2, 0.25) is 0 Å². The van der Waals surface area contributed by atoms with Crippen LogP contribution in [-0.4, -0.2) is 23.5 Å². The molecule has 0 saturated carbocycles. The van der Waals surface area contributed by atoms with E-state index in [0.29, 0.717) is 6.61 Å². The van der Waals surface area contributed by atoms with Crippen LogP contribution in [0.15, 0.2) is 6.07 Å². The summed E-state index contributed by atoms with van der Waals surface area (Å²) in [6.45, 7) is 2.62. The number of nitrogens with two attached hydrogens (primary N) is 1. The van der Waals surface area contributed by atoms with Crippen molar-refractivity contribution in [2.24, 2.45) is 12.9 Å². The van der Waals surface area contributed by atoms with Crippen molar-refractivity contribution >= 4 is 0 Å². The van der Waals surface area contributed by atoms with E-state index in [-0.39, 0.29) is 6.04 Å². The maximum atomic E-state index is 5.44. The van der Waals surface area contributed by atoms with Gasteiger partial charge < -0.3 is 4.74 Å². The van der Waals surface area contributed by atoms with Gasteiger partial charge >= 0.3 is 0 Å². The molecule has 1 heterocycles. The van der Waals surface area contributed by atoms with E-state index >= 15 is 0 Å². The largest absolute Gasteiger partial charge is 0.383 e. The molecule has 0 aromatic carbocycles. The Bertz CT molecular complexity index is 284. The topological polar surface area (TPSA) is 65.1 Å². The van der Waals surface area contributed by atoms with E-state index in [1.807, 2.05) is 17.8 Å². The van der Waals surface area contributed by atoms with Crippen LogP contribution in [0.2, 0.25) is 0 Å². The molecule has 0 aliphatic heterocycles. The van der Waals surface area contributed by atoms with Gasteiger partial charge in [0.05, 0.1) is 24.0 Å². The van der Waals surface area contributed by atoms with Crippen LogP contribution in [0.1, 0.15) is 24.4 Å². The highest BCUT2D eigenvalue weighted by Crippen LogP contribution is 2.13. The van der Waals surface area contributed by atoms with Crippen molar-refractivity contribution in [2.45, 2.75) is 19.4 Å². The van der Waals surface area contributed by atoms with Gasteiger partial charge in [-0.15, -0.1) is 0 Å². The van der Waals surface area contributed by atoms with Crippen LogP contribution < -0.4 is 11.3 Å². The fraction of sp³-hybridized carbons (Fsp3) is 0.667. The second kappa shape index (κ2) is 5.09. The van der Waals surface area contributed by atoms with Gasteiger partial charge in [-0.2, -0.15) is 5.10 Å². The molecule has 1 aromatic rings. The van der Waals surface area contributed by atoms with Crippen LogP contribution in [0, 0.1) is 0 Å². The number of hydrazine groups is 1. The quantitative estimate of drug-likeness (QED) is 0.521. The second-order valence-electron chi connectivity index (χ2n) is 3.21. The van der Waals surface area contributed by atoms with E-state index in [0.717, 1.165) is 17.8 Å². The highest BCUT2D eigenvalue weighted by Gasteiger charge is 2.14. The third-order valence-electron chi connectivity index (χ3n) is 2.22. The zero-order valence-electron chi connectivity index (χ0n) is 8.95. The van der Waals surface area contributed by atoms with Crippen molar-refractivity contribution in [1.29, 1.82) is 0 Å². The smallest absolute Gasteiger partial charge is 0.0861 e. The fourth-order valence-electron chi connectivity index (χ4n) is 1.43. The Labute approximate surface area is 84.2 Å². The summed E-state index contributed by atoms with van der Waals surface area (Å²) in [6, 6.07) is 2.04. The number of ether oxygens (including phenoxy) is 1. The molecule has 3 N–H and O–H groups in total. The van der Waals surface area contributed by atoms with E-state index in [1.54, 1.807) is 7.11 Å². The number of nitrogens with zero attached hydrogens (tertiary/aromatic N) is 2. The molecule has 1 unspecified atom stereocenters. The molecule has 0 amide bonds. The summed E-state index contributed by atoms with van der Waals surface area (Å²) in [5.41, 5.74) is 4.83. The number of nitrogens with one attached hydrogen (secondary N) is 1. The van der Waals surface area contributed by atoms with Crippen molar-refractivity contribution in [3.63, 3.8) is 0 Å². The third kappa shape index (κ3) is 2.31. The number of methoxy groups -OCH3 is 1. The van der Waals surface area contributed by atoms with Gasteiger partial charge in [-0.25, -0.2) is 5.43 Å². The molecule has 0 spiro atoms. The molecular formula is C9H18N4O. The van der Waals surface area contributed by atoms with Gasteiger partial charge in [0, 0.05) is 14.2 Å². The van der Waals surface area contributed by atoms with Crippen molar-refractivity contribution in [3.05, 3.63) is 17.5 Å². The summed E-state index contributed by atoms with van der Waals surface area (Å²) < 4.78 is 6.90. The average molecular weight is 198 g/mol. The first kappa shape index (κ1) is 11.2. The highest BCUT2D eigenvalue weighted by molar-refractivity contribution is 5.14. The van der Waals surface area contributed by atoms with E-state index in [9.17, 15) is 0 Å². The van der Waals surface area contributed by atoms with E-state index in [4.69, 9.17) is 10.6 Å². The van der Waals surface area contributed by atoms with Crippen LogP contribution in [0.5, 0.6) is 0 Å².